The average Bonchev–Trinajstić information content (AvgIpc) is 2.35. The molecule has 0 bridgehead atoms. The van der Waals surface area contributed by atoms with E-state index in [1.165, 1.54) is 12.1 Å². The third-order valence-electron chi connectivity index (χ3n) is 2.60. The van der Waals surface area contributed by atoms with Gasteiger partial charge in [0.2, 0.25) is 0 Å². The predicted octanol–water partition coefficient (Wildman–Crippen LogP) is 3.32. The van der Waals surface area contributed by atoms with Gasteiger partial charge >= 0.3 is 0 Å². The Morgan fingerprint density at radius 3 is 2.62 bits per heavy atom. The van der Waals surface area contributed by atoms with Gasteiger partial charge in [-0.3, -0.25) is 4.79 Å². The van der Waals surface area contributed by atoms with E-state index >= 15 is 0 Å². The van der Waals surface area contributed by atoms with Crippen LogP contribution in [-0.2, 0) is 13.8 Å². The van der Waals surface area contributed by atoms with E-state index in [9.17, 15) is 13.2 Å². The van der Waals surface area contributed by atoms with Crippen molar-refractivity contribution in [2.45, 2.75) is 31.2 Å². The maximum Gasteiger partial charge on any atom is 0.265 e. The first kappa shape index (κ1) is 18.5. The van der Waals surface area contributed by atoms with E-state index in [0.29, 0.717) is 4.47 Å². The average molecular weight is 419 g/mol. The van der Waals surface area contributed by atoms with Gasteiger partial charge in [0.05, 0.1) is 5.02 Å². The molecule has 1 aromatic carbocycles. The van der Waals surface area contributed by atoms with Crippen molar-refractivity contribution in [3.63, 3.8) is 0 Å². The van der Waals surface area contributed by atoms with Gasteiger partial charge in [0.15, 0.2) is 12.4 Å². The van der Waals surface area contributed by atoms with Crippen LogP contribution in [-0.4, -0.2) is 27.0 Å². The zero-order chi connectivity index (χ0) is 16.2. The second-order valence-electron chi connectivity index (χ2n) is 4.32. The third-order valence-corrected chi connectivity index (χ3v) is 4.67. The van der Waals surface area contributed by atoms with E-state index in [4.69, 9.17) is 27.0 Å². The second kappa shape index (κ2) is 7.67. The quantitative estimate of drug-likeness (QED) is 0.719. The minimum atomic E-state index is -4.05. The highest BCUT2D eigenvalue weighted by molar-refractivity contribution is 9.10. The van der Waals surface area contributed by atoms with Crippen LogP contribution in [0.15, 0.2) is 21.5 Å². The Balaban J connectivity index is 2.96. The summed E-state index contributed by atoms with van der Waals surface area (Å²) in [4.78, 5) is 11.4. The van der Waals surface area contributed by atoms with Gasteiger partial charge in [0.1, 0.15) is 4.90 Å². The van der Waals surface area contributed by atoms with Crippen molar-refractivity contribution in [1.82, 2.24) is 5.32 Å². The van der Waals surface area contributed by atoms with Crippen molar-refractivity contribution in [3.8, 4) is 5.75 Å². The summed E-state index contributed by atoms with van der Waals surface area (Å²) in [6, 6.07) is 2.71. The van der Waals surface area contributed by atoms with Gasteiger partial charge in [-0.05, 0) is 25.5 Å². The zero-order valence-electron chi connectivity index (χ0n) is 11.3. The van der Waals surface area contributed by atoms with E-state index in [2.05, 4.69) is 21.2 Å². The first-order valence-electron chi connectivity index (χ1n) is 6.01. The van der Waals surface area contributed by atoms with E-state index in [0.717, 1.165) is 6.42 Å². The highest BCUT2D eigenvalue weighted by Crippen LogP contribution is 2.37. The lowest BCUT2D eigenvalue weighted by Crippen LogP contribution is -2.35. The highest BCUT2D eigenvalue weighted by atomic mass is 79.9. The number of nitrogens with one attached hydrogen (secondary N) is 1. The number of benzene rings is 1. The number of ether oxygens (including phenoxy) is 1. The zero-order valence-corrected chi connectivity index (χ0v) is 15.2. The van der Waals surface area contributed by atoms with Crippen LogP contribution >= 0.6 is 38.2 Å². The van der Waals surface area contributed by atoms with Gasteiger partial charge in [-0.15, -0.1) is 0 Å². The molecule has 0 aliphatic heterocycles. The van der Waals surface area contributed by atoms with Gasteiger partial charge in [0.25, 0.3) is 15.0 Å². The fourth-order valence-corrected chi connectivity index (χ4v) is 3.49. The second-order valence-corrected chi connectivity index (χ2v) is 8.18. The molecule has 118 valence electrons. The van der Waals surface area contributed by atoms with Gasteiger partial charge < -0.3 is 10.1 Å². The van der Waals surface area contributed by atoms with Crippen molar-refractivity contribution >= 4 is 53.2 Å². The smallest absolute Gasteiger partial charge is 0.265 e. The molecular weight excluding hydrogens is 405 g/mol. The van der Waals surface area contributed by atoms with E-state index in [-0.39, 0.29) is 34.2 Å². The number of halogens is 3. The largest absolute Gasteiger partial charge is 0.481 e. The highest BCUT2D eigenvalue weighted by Gasteiger charge is 2.22. The Morgan fingerprint density at radius 1 is 1.48 bits per heavy atom. The number of hydrogen-bond acceptors (Lipinski definition) is 4. The van der Waals surface area contributed by atoms with Crippen molar-refractivity contribution in [3.05, 3.63) is 21.6 Å². The summed E-state index contributed by atoms with van der Waals surface area (Å²) in [6.07, 6.45) is 0.770. The monoisotopic (exact) mass is 417 g/mol. The van der Waals surface area contributed by atoms with Crippen molar-refractivity contribution < 1.29 is 17.9 Å². The van der Waals surface area contributed by atoms with Gasteiger partial charge in [-0.2, -0.15) is 0 Å². The predicted molar refractivity (Wildman–Crippen MR) is 85.6 cm³/mol. The maximum absolute atomic E-state index is 11.7. The van der Waals surface area contributed by atoms with E-state index < -0.39 is 9.05 Å². The molecule has 5 nitrogen and oxygen atoms in total. The Morgan fingerprint density at radius 2 is 2.10 bits per heavy atom. The molecule has 1 atom stereocenters. The molecule has 1 N–H and O–H groups in total. The van der Waals surface area contributed by atoms with Gasteiger partial charge in [-0.1, -0.05) is 34.5 Å². The Bertz CT molecular complexity index is 636. The molecule has 0 saturated heterocycles. The molecule has 0 saturated carbocycles. The fourth-order valence-electron chi connectivity index (χ4n) is 1.41. The molecule has 0 aromatic heterocycles. The van der Waals surface area contributed by atoms with Crippen molar-refractivity contribution in [2.24, 2.45) is 0 Å². The topological polar surface area (TPSA) is 72.5 Å². The lowest BCUT2D eigenvalue weighted by molar-refractivity contribution is -0.123. The van der Waals surface area contributed by atoms with Crippen LogP contribution < -0.4 is 10.1 Å². The van der Waals surface area contributed by atoms with Crippen LogP contribution in [0.4, 0.5) is 0 Å². The fraction of sp³-hybridized carbons (Fsp3) is 0.417. The molecule has 0 heterocycles. The summed E-state index contributed by atoms with van der Waals surface area (Å²) in [5, 5.41) is 2.73. The maximum atomic E-state index is 11.7. The number of amides is 1. The van der Waals surface area contributed by atoms with Crippen molar-refractivity contribution in [1.29, 1.82) is 0 Å². The van der Waals surface area contributed by atoms with Crippen molar-refractivity contribution in [2.75, 3.05) is 6.61 Å². The van der Waals surface area contributed by atoms with Gasteiger partial charge in [0, 0.05) is 21.2 Å². The normalized spacial score (nSPS) is 12.8. The Labute approximate surface area is 141 Å². The molecule has 21 heavy (non-hydrogen) atoms. The molecule has 0 fully saturated rings. The number of carbonyl (C=O) groups is 1. The van der Waals surface area contributed by atoms with Crippen LogP contribution in [0, 0.1) is 0 Å². The molecule has 9 heteroatoms. The molecule has 1 amide bonds. The minimum absolute atomic E-state index is 0.00211. The Kier molecular flexibility index (Phi) is 6.77. The summed E-state index contributed by atoms with van der Waals surface area (Å²) in [6.45, 7) is 3.42. The van der Waals surface area contributed by atoms with Gasteiger partial charge in [-0.25, -0.2) is 8.42 Å². The van der Waals surface area contributed by atoms with E-state index in [1.54, 1.807) is 0 Å². The Hall–Kier alpha value is -0.500. The lowest BCUT2D eigenvalue weighted by Gasteiger charge is -2.14. The standard InChI is InChI=1S/C12H14BrCl2NO4S/c1-3-7(2)16-11(17)6-20-12-9(14)4-8(13)5-10(12)21(15,18)19/h4-5,7H,3,6H2,1-2H3,(H,16,17). The van der Waals surface area contributed by atoms with Crippen LogP contribution in [0.5, 0.6) is 5.75 Å². The summed E-state index contributed by atoms with van der Waals surface area (Å²) >= 11 is 9.07. The van der Waals surface area contributed by atoms with E-state index in [1.807, 2.05) is 13.8 Å². The molecule has 0 aliphatic carbocycles. The summed E-state index contributed by atoms with van der Waals surface area (Å²) < 4.78 is 28.7. The van der Waals surface area contributed by atoms with Crippen LogP contribution in [0.2, 0.25) is 5.02 Å². The molecule has 1 aromatic rings. The van der Waals surface area contributed by atoms with Crippen LogP contribution in [0.1, 0.15) is 20.3 Å². The first-order valence-corrected chi connectivity index (χ1v) is 9.49. The van der Waals surface area contributed by atoms with Crippen LogP contribution in [0.25, 0.3) is 0 Å². The van der Waals surface area contributed by atoms with Crippen LogP contribution in [0.3, 0.4) is 0 Å². The molecule has 1 unspecified atom stereocenters. The molecule has 0 aliphatic rings. The number of carbonyl (C=O) groups excluding carboxylic acids is 1. The molecular formula is C12H14BrCl2NO4S. The summed E-state index contributed by atoms with van der Waals surface area (Å²) in [5.41, 5.74) is 0. The lowest BCUT2D eigenvalue weighted by atomic mass is 10.2. The SMILES string of the molecule is CCC(C)NC(=O)COc1c(Cl)cc(Br)cc1S(=O)(=O)Cl. The molecule has 1 rings (SSSR count). The summed E-state index contributed by atoms with van der Waals surface area (Å²) in [7, 11) is 1.29. The third kappa shape index (κ3) is 5.65. The summed E-state index contributed by atoms with van der Waals surface area (Å²) in [5.74, 6) is -0.518. The number of rotatable bonds is 6. The number of hydrogen-bond donors (Lipinski definition) is 1. The first-order chi connectivity index (χ1) is 9.65. The minimum Gasteiger partial charge on any atom is -0.481 e. The molecule has 0 spiro atoms. The molecule has 0 radical (unpaired) electrons.